The number of aromatic nitrogens is 2. The van der Waals surface area contributed by atoms with Crippen molar-refractivity contribution in [1.29, 1.82) is 0 Å². The predicted octanol–water partition coefficient (Wildman–Crippen LogP) is 4.43. The van der Waals surface area contributed by atoms with Gasteiger partial charge in [-0.25, -0.2) is 9.97 Å². The Hall–Kier alpha value is -3.56. The van der Waals surface area contributed by atoms with Gasteiger partial charge in [0.2, 0.25) is 0 Å². The van der Waals surface area contributed by atoms with E-state index in [4.69, 9.17) is 4.98 Å². The first kappa shape index (κ1) is 18.5. The predicted molar refractivity (Wildman–Crippen MR) is 117 cm³/mol. The van der Waals surface area contributed by atoms with Gasteiger partial charge in [-0.05, 0) is 54.3 Å². The number of aromatic hydroxyl groups is 1. The quantitative estimate of drug-likeness (QED) is 0.461. The van der Waals surface area contributed by atoms with Gasteiger partial charge in [-0.1, -0.05) is 6.07 Å². The van der Waals surface area contributed by atoms with Crippen LogP contribution in [0.1, 0.15) is 6.92 Å². The lowest BCUT2D eigenvalue weighted by atomic mass is 10.2. The number of benzene rings is 1. The molecule has 0 bridgehead atoms. The van der Waals surface area contributed by atoms with Crippen LogP contribution < -0.4 is 5.43 Å². The molecule has 2 amide bonds. The lowest BCUT2D eigenvalue weighted by Gasteiger charge is -2.17. The Morgan fingerprint density at radius 1 is 1.07 bits per heavy atom. The molecule has 0 atom stereocenters. The van der Waals surface area contributed by atoms with Crippen molar-refractivity contribution in [3.05, 3.63) is 59.5 Å². The average molecular weight is 435 g/mol. The number of hydrogen-bond acceptors (Lipinski definition) is 8. The molecular weight excluding hydrogens is 420 g/mol. The van der Waals surface area contributed by atoms with Crippen molar-refractivity contribution < 1.29 is 14.7 Å². The van der Waals surface area contributed by atoms with E-state index in [0.29, 0.717) is 22.6 Å². The normalized spacial score (nSPS) is 13.9. The number of amides is 2. The third-order valence-electron chi connectivity index (χ3n) is 4.60. The number of phenolic OH excluding ortho intramolecular Hbond substituents is 1. The summed E-state index contributed by atoms with van der Waals surface area (Å²) in [5.74, 6) is 0.252. The first-order chi connectivity index (χ1) is 14.5. The van der Waals surface area contributed by atoms with Crippen molar-refractivity contribution >= 4 is 50.5 Å². The van der Waals surface area contributed by atoms with E-state index in [1.54, 1.807) is 19.1 Å². The fraction of sp³-hybridized carbons (Fsp3) is 0.0476. The van der Waals surface area contributed by atoms with Crippen LogP contribution in [0.15, 0.2) is 59.5 Å². The molecule has 0 radical (unpaired) electrons. The van der Waals surface area contributed by atoms with Crippen LogP contribution in [-0.2, 0) is 9.59 Å². The van der Waals surface area contributed by atoms with Crippen molar-refractivity contribution in [3.63, 3.8) is 0 Å². The number of thiophene rings is 2. The van der Waals surface area contributed by atoms with E-state index in [1.165, 1.54) is 28.7 Å². The van der Waals surface area contributed by atoms with Crippen molar-refractivity contribution in [1.82, 2.24) is 15.0 Å². The van der Waals surface area contributed by atoms with Crippen LogP contribution in [0.2, 0.25) is 0 Å². The Labute approximate surface area is 178 Å². The van der Waals surface area contributed by atoms with E-state index in [0.717, 1.165) is 25.2 Å². The van der Waals surface area contributed by atoms with Gasteiger partial charge in [-0.3, -0.25) is 15.0 Å². The molecule has 0 saturated heterocycles. The maximum absolute atomic E-state index is 12.3. The van der Waals surface area contributed by atoms with Gasteiger partial charge in [0, 0.05) is 16.5 Å². The third-order valence-corrected chi connectivity index (χ3v) is 6.55. The summed E-state index contributed by atoms with van der Waals surface area (Å²) in [5, 5.41) is 13.2. The zero-order valence-electron chi connectivity index (χ0n) is 15.6. The summed E-state index contributed by atoms with van der Waals surface area (Å²) in [6.07, 6.45) is 1.30. The Balaban J connectivity index is 1.64. The molecule has 3 aromatic heterocycles. The Morgan fingerprint density at radius 2 is 1.87 bits per heavy atom. The number of anilines is 1. The average Bonchev–Trinajstić information content (AvgIpc) is 3.45. The van der Waals surface area contributed by atoms with Gasteiger partial charge in [0.1, 0.15) is 10.6 Å². The lowest BCUT2D eigenvalue weighted by Crippen LogP contribution is -2.36. The number of carbonyl (C=O) groups excluding carboxylic acids is 2. The molecule has 0 unspecified atom stereocenters. The topological polar surface area (TPSA) is 95.4 Å². The van der Waals surface area contributed by atoms with Gasteiger partial charge < -0.3 is 5.11 Å². The largest absolute Gasteiger partial charge is 0.508 e. The van der Waals surface area contributed by atoms with Gasteiger partial charge in [0.05, 0.1) is 10.3 Å². The first-order valence-electron chi connectivity index (χ1n) is 8.98. The maximum atomic E-state index is 12.3. The fourth-order valence-electron chi connectivity index (χ4n) is 3.09. The lowest BCUT2D eigenvalue weighted by molar-refractivity contribution is -0.135. The molecule has 9 heteroatoms. The molecule has 148 valence electrons. The molecule has 30 heavy (non-hydrogen) atoms. The molecule has 0 fully saturated rings. The van der Waals surface area contributed by atoms with E-state index in [-0.39, 0.29) is 5.75 Å². The minimum absolute atomic E-state index is 0.191. The molecule has 1 aliphatic rings. The summed E-state index contributed by atoms with van der Waals surface area (Å²) in [6, 6.07) is 12.6. The summed E-state index contributed by atoms with van der Waals surface area (Å²) in [4.78, 5) is 36.4. The van der Waals surface area contributed by atoms with Crippen LogP contribution in [0.25, 0.3) is 31.4 Å². The number of phenols is 1. The number of rotatable bonds is 4. The molecule has 0 spiro atoms. The van der Waals surface area contributed by atoms with Crippen LogP contribution >= 0.6 is 22.7 Å². The van der Waals surface area contributed by atoms with Crippen LogP contribution in [0.3, 0.4) is 0 Å². The number of hydrazine groups is 1. The molecule has 1 aliphatic heterocycles. The summed E-state index contributed by atoms with van der Waals surface area (Å²) in [6.45, 7) is 1.60. The number of nitrogens with one attached hydrogen (secondary N) is 1. The summed E-state index contributed by atoms with van der Waals surface area (Å²) in [5.41, 5.74) is 4.18. The highest BCUT2D eigenvalue weighted by atomic mass is 32.1. The van der Waals surface area contributed by atoms with E-state index in [9.17, 15) is 14.7 Å². The summed E-state index contributed by atoms with van der Waals surface area (Å²) < 4.78 is 0. The fourth-order valence-corrected chi connectivity index (χ4v) is 4.78. The van der Waals surface area contributed by atoms with Crippen LogP contribution in [0.4, 0.5) is 5.82 Å². The Kier molecular flexibility index (Phi) is 4.34. The van der Waals surface area contributed by atoms with E-state index < -0.39 is 11.8 Å². The van der Waals surface area contributed by atoms with Gasteiger partial charge in [-0.2, -0.15) is 5.01 Å². The highest BCUT2D eigenvalue weighted by Gasteiger charge is 2.30. The number of hydrogen-bond donors (Lipinski definition) is 2. The molecule has 7 nitrogen and oxygen atoms in total. The number of imide groups is 1. The molecule has 2 N–H and O–H groups in total. The van der Waals surface area contributed by atoms with Crippen molar-refractivity contribution in [2.75, 3.05) is 5.43 Å². The summed E-state index contributed by atoms with van der Waals surface area (Å²) in [7, 11) is 0. The van der Waals surface area contributed by atoms with Crippen LogP contribution in [0, 0.1) is 0 Å². The number of fused-ring (bicyclic) bond motifs is 1. The smallest absolute Gasteiger partial charge is 0.275 e. The van der Waals surface area contributed by atoms with E-state index >= 15 is 0 Å². The maximum Gasteiger partial charge on any atom is 0.275 e. The standard InChI is InChI=1S/C21H14N4O3S2/c1-11-9-17(27)25(21(11)28)24-18-14-10-16(12-4-6-13(26)7-5-12)30-20(14)23-19(22-18)15-3-2-8-29-15/h2-10,26H,1H3,(H,22,23,24). The molecule has 0 saturated carbocycles. The molecular formula is C21H14N4O3S2. The molecule has 1 aromatic carbocycles. The Morgan fingerprint density at radius 3 is 2.53 bits per heavy atom. The second-order valence-corrected chi connectivity index (χ2v) is 8.65. The van der Waals surface area contributed by atoms with Crippen molar-refractivity contribution in [2.24, 2.45) is 0 Å². The Bertz CT molecular complexity index is 1320. The monoisotopic (exact) mass is 434 g/mol. The molecule has 4 aromatic rings. The van der Waals surface area contributed by atoms with Crippen molar-refractivity contribution in [3.8, 4) is 26.9 Å². The zero-order valence-corrected chi connectivity index (χ0v) is 17.3. The van der Waals surface area contributed by atoms with Gasteiger partial charge in [-0.15, -0.1) is 22.7 Å². The highest BCUT2D eigenvalue weighted by Crippen LogP contribution is 2.38. The highest BCUT2D eigenvalue weighted by molar-refractivity contribution is 7.22. The van der Waals surface area contributed by atoms with E-state index in [2.05, 4.69) is 10.4 Å². The third kappa shape index (κ3) is 3.14. The molecule has 4 heterocycles. The van der Waals surface area contributed by atoms with Crippen LogP contribution in [-0.4, -0.2) is 31.9 Å². The van der Waals surface area contributed by atoms with Gasteiger partial charge >= 0.3 is 0 Å². The van der Waals surface area contributed by atoms with Gasteiger partial charge in [0.25, 0.3) is 11.8 Å². The SMILES string of the molecule is CC1=CC(=O)N(Nc2nc(-c3cccs3)nc3sc(-c4ccc(O)cc4)cc23)C1=O. The second-order valence-electron chi connectivity index (χ2n) is 6.67. The number of carbonyl (C=O) groups is 2. The van der Waals surface area contributed by atoms with Gasteiger partial charge in [0.15, 0.2) is 11.6 Å². The number of nitrogens with zero attached hydrogens (tertiary/aromatic N) is 3. The second kappa shape index (κ2) is 7.05. The minimum Gasteiger partial charge on any atom is -0.508 e. The van der Waals surface area contributed by atoms with Crippen LogP contribution in [0.5, 0.6) is 5.75 Å². The minimum atomic E-state index is -0.434. The summed E-state index contributed by atoms with van der Waals surface area (Å²) >= 11 is 2.98. The first-order valence-corrected chi connectivity index (χ1v) is 10.7. The molecule has 5 rings (SSSR count). The zero-order chi connectivity index (χ0) is 20.8. The molecule has 0 aliphatic carbocycles. The van der Waals surface area contributed by atoms with E-state index in [1.807, 2.05) is 35.7 Å². The van der Waals surface area contributed by atoms with Crippen molar-refractivity contribution in [2.45, 2.75) is 6.92 Å².